The van der Waals surface area contributed by atoms with Crippen molar-refractivity contribution in [2.75, 3.05) is 6.61 Å². The minimum absolute atomic E-state index is 0.463. The first-order valence-corrected chi connectivity index (χ1v) is 5.06. The number of rotatable bonds is 3. The van der Waals surface area contributed by atoms with E-state index in [4.69, 9.17) is 16.3 Å². The number of nitrogens with zero attached hydrogens (tertiary/aromatic N) is 1. The van der Waals surface area contributed by atoms with Gasteiger partial charge in [0.1, 0.15) is 16.6 Å². The highest BCUT2D eigenvalue weighted by Crippen LogP contribution is 2.24. The van der Waals surface area contributed by atoms with Crippen LogP contribution in [0.4, 0.5) is 0 Å². The highest BCUT2D eigenvalue weighted by atomic mass is 35.5. The first-order chi connectivity index (χ1) is 7.22. The molecule has 2 rings (SSSR count). The van der Waals surface area contributed by atoms with Gasteiger partial charge in [-0.05, 0) is 19.1 Å². The SMILES string of the molecule is C=C(OCC)c1cc2[nH]ccc2c(Cl)n1. The lowest BCUT2D eigenvalue weighted by atomic mass is 10.2. The molecule has 2 heterocycles. The van der Waals surface area contributed by atoms with Crippen molar-refractivity contribution < 1.29 is 4.74 Å². The smallest absolute Gasteiger partial charge is 0.139 e. The van der Waals surface area contributed by atoms with Gasteiger partial charge in [-0.2, -0.15) is 0 Å². The van der Waals surface area contributed by atoms with E-state index in [-0.39, 0.29) is 0 Å². The lowest BCUT2D eigenvalue weighted by Crippen LogP contribution is -1.94. The molecule has 78 valence electrons. The van der Waals surface area contributed by atoms with Crippen LogP contribution in [-0.4, -0.2) is 16.6 Å². The highest BCUT2D eigenvalue weighted by molar-refractivity contribution is 6.34. The van der Waals surface area contributed by atoms with E-state index in [1.807, 2.05) is 25.3 Å². The van der Waals surface area contributed by atoms with E-state index in [1.165, 1.54) is 0 Å². The molecular formula is C11H11ClN2O. The minimum Gasteiger partial charge on any atom is -0.492 e. The van der Waals surface area contributed by atoms with Crippen molar-refractivity contribution in [3.63, 3.8) is 0 Å². The number of fused-ring (bicyclic) bond motifs is 1. The van der Waals surface area contributed by atoms with Crippen LogP contribution in [0.15, 0.2) is 24.9 Å². The molecule has 0 aliphatic heterocycles. The van der Waals surface area contributed by atoms with Gasteiger partial charge in [-0.1, -0.05) is 18.2 Å². The Kier molecular flexibility index (Phi) is 2.64. The normalized spacial score (nSPS) is 10.5. The number of ether oxygens (including phenoxy) is 1. The molecule has 15 heavy (non-hydrogen) atoms. The Morgan fingerprint density at radius 3 is 3.20 bits per heavy atom. The molecule has 0 spiro atoms. The minimum atomic E-state index is 0.463. The summed E-state index contributed by atoms with van der Waals surface area (Å²) in [6.07, 6.45) is 1.82. The summed E-state index contributed by atoms with van der Waals surface area (Å²) >= 11 is 6.02. The molecule has 0 fully saturated rings. The third-order valence-electron chi connectivity index (χ3n) is 2.11. The molecule has 4 heteroatoms. The van der Waals surface area contributed by atoms with E-state index in [1.54, 1.807) is 0 Å². The Balaban J connectivity index is 2.49. The fourth-order valence-electron chi connectivity index (χ4n) is 1.41. The molecule has 0 aliphatic carbocycles. The van der Waals surface area contributed by atoms with Gasteiger partial charge >= 0.3 is 0 Å². The van der Waals surface area contributed by atoms with E-state index >= 15 is 0 Å². The molecule has 2 aromatic heterocycles. The Bertz CT molecular complexity index is 504. The maximum absolute atomic E-state index is 6.02. The predicted octanol–water partition coefficient (Wildman–Crippen LogP) is 3.22. The Labute approximate surface area is 92.7 Å². The largest absolute Gasteiger partial charge is 0.492 e. The van der Waals surface area contributed by atoms with Gasteiger partial charge in [-0.15, -0.1) is 0 Å². The molecule has 0 amide bonds. The number of aromatic nitrogens is 2. The van der Waals surface area contributed by atoms with Gasteiger partial charge in [0.05, 0.1) is 12.1 Å². The van der Waals surface area contributed by atoms with Crippen molar-refractivity contribution in [2.45, 2.75) is 6.92 Å². The Hall–Kier alpha value is -1.48. The maximum atomic E-state index is 6.02. The van der Waals surface area contributed by atoms with Gasteiger partial charge in [0.25, 0.3) is 0 Å². The molecular weight excluding hydrogens is 212 g/mol. The lowest BCUT2D eigenvalue weighted by molar-refractivity contribution is 0.298. The van der Waals surface area contributed by atoms with Crippen LogP contribution in [0.3, 0.4) is 0 Å². The first kappa shape index (κ1) is 10.1. The summed E-state index contributed by atoms with van der Waals surface area (Å²) in [6, 6.07) is 3.76. The van der Waals surface area contributed by atoms with Crippen molar-refractivity contribution in [3.8, 4) is 0 Å². The zero-order chi connectivity index (χ0) is 10.8. The van der Waals surface area contributed by atoms with Crippen molar-refractivity contribution in [2.24, 2.45) is 0 Å². The molecule has 0 aromatic carbocycles. The van der Waals surface area contributed by atoms with Gasteiger partial charge in [-0.3, -0.25) is 0 Å². The Morgan fingerprint density at radius 2 is 2.47 bits per heavy atom. The van der Waals surface area contributed by atoms with Gasteiger partial charge in [0, 0.05) is 11.6 Å². The quantitative estimate of drug-likeness (QED) is 0.640. The molecule has 0 aliphatic rings. The van der Waals surface area contributed by atoms with Gasteiger partial charge < -0.3 is 9.72 Å². The zero-order valence-corrected chi connectivity index (χ0v) is 9.14. The van der Waals surface area contributed by atoms with E-state index in [0.29, 0.717) is 23.2 Å². The van der Waals surface area contributed by atoms with Crippen LogP contribution in [0.5, 0.6) is 0 Å². The number of pyridine rings is 1. The lowest BCUT2D eigenvalue weighted by Gasteiger charge is -2.06. The standard InChI is InChI=1S/C11H11ClN2O/c1-3-15-7(2)9-6-10-8(4-5-13-10)11(12)14-9/h4-6,13H,2-3H2,1H3. The molecule has 1 N–H and O–H groups in total. The number of aromatic amines is 1. The highest BCUT2D eigenvalue weighted by Gasteiger charge is 2.07. The van der Waals surface area contributed by atoms with Crippen LogP contribution in [0.1, 0.15) is 12.6 Å². The predicted molar refractivity (Wildman–Crippen MR) is 61.8 cm³/mol. The van der Waals surface area contributed by atoms with E-state index in [0.717, 1.165) is 10.9 Å². The molecule has 0 bridgehead atoms. The molecule has 2 aromatic rings. The van der Waals surface area contributed by atoms with Crippen LogP contribution >= 0.6 is 11.6 Å². The number of hydrogen-bond donors (Lipinski definition) is 1. The van der Waals surface area contributed by atoms with Crippen molar-refractivity contribution in [1.29, 1.82) is 0 Å². The van der Waals surface area contributed by atoms with E-state index in [2.05, 4.69) is 16.5 Å². The summed E-state index contributed by atoms with van der Waals surface area (Å²) in [4.78, 5) is 7.29. The second kappa shape index (κ2) is 3.95. The number of nitrogens with one attached hydrogen (secondary N) is 1. The van der Waals surface area contributed by atoms with Crippen LogP contribution in [-0.2, 0) is 4.74 Å². The Morgan fingerprint density at radius 1 is 1.67 bits per heavy atom. The maximum Gasteiger partial charge on any atom is 0.139 e. The van der Waals surface area contributed by atoms with Gasteiger partial charge in [0.2, 0.25) is 0 Å². The van der Waals surface area contributed by atoms with Crippen molar-refractivity contribution >= 4 is 28.3 Å². The fourth-order valence-corrected chi connectivity index (χ4v) is 1.66. The van der Waals surface area contributed by atoms with E-state index in [9.17, 15) is 0 Å². The van der Waals surface area contributed by atoms with Crippen LogP contribution < -0.4 is 0 Å². The summed E-state index contributed by atoms with van der Waals surface area (Å²) in [6.45, 7) is 6.26. The van der Waals surface area contributed by atoms with Crippen LogP contribution in [0.25, 0.3) is 16.7 Å². The van der Waals surface area contributed by atoms with E-state index < -0.39 is 0 Å². The molecule has 0 unspecified atom stereocenters. The molecule has 0 atom stereocenters. The molecule has 0 radical (unpaired) electrons. The molecule has 0 saturated heterocycles. The third kappa shape index (κ3) is 1.83. The summed E-state index contributed by atoms with van der Waals surface area (Å²) < 4.78 is 5.28. The number of hydrogen-bond acceptors (Lipinski definition) is 2. The van der Waals surface area contributed by atoms with Crippen molar-refractivity contribution in [3.05, 3.63) is 35.8 Å². The van der Waals surface area contributed by atoms with Gasteiger partial charge in [-0.25, -0.2) is 4.98 Å². The second-order valence-corrected chi connectivity index (χ2v) is 3.45. The number of H-pyrrole nitrogens is 1. The van der Waals surface area contributed by atoms with Crippen LogP contribution in [0.2, 0.25) is 5.15 Å². The number of halogens is 1. The second-order valence-electron chi connectivity index (χ2n) is 3.09. The third-order valence-corrected chi connectivity index (χ3v) is 2.39. The van der Waals surface area contributed by atoms with Gasteiger partial charge in [0.15, 0.2) is 0 Å². The first-order valence-electron chi connectivity index (χ1n) is 4.68. The average Bonchev–Trinajstić information content (AvgIpc) is 2.66. The summed E-state index contributed by atoms with van der Waals surface area (Å²) in [5.41, 5.74) is 1.60. The fraction of sp³-hybridized carbons (Fsp3) is 0.182. The molecule has 3 nitrogen and oxygen atoms in total. The van der Waals surface area contributed by atoms with Crippen LogP contribution in [0, 0.1) is 0 Å². The molecule has 0 saturated carbocycles. The summed E-state index contributed by atoms with van der Waals surface area (Å²) in [5.74, 6) is 0.538. The monoisotopic (exact) mass is 222 g/mol. The zero-order valence-electron chi connectivity index (χ0n) is 8.38. The summed E-state index contributed by atoms with van der Waals surface area (Å²) in [5, 5.41) is 1.37. The average molecular weight is 223 g/mol. The van der Waals surface area contributed by atoms with Crippen molar-refractivity contribution in [1.82, 2.24) is 9.97 Å². The summed E-state index contributed by atoms with van der Waals surface area (Å²) in [7, 11) is 0. The topological polar surface area (TPSA) is 37.9 Å².